The van der Waals surface area contributed by atoms with Crippen molar-refractivity contribution in [3.05, 3.63) is 112 Å². The SMILES string of the molecule is NCCC=O.Nc1ccc2c(c1)/C(=C/c1cnc[nH]1)C(=O)N2.O=Cc1cccn(Cc2ccc(F)c(F)c2)c1=O. The Morgan fingerprint density at radius 1 is 1.02 bits per heavy atom. The summed E-state index contributed by atoms with van der Waals surface area (Å²) in [6, 6.07) is 11.7. The number of rotatable bonds is 6. The minimum atomic E-state index is -0.966. The highest BCUT2D eigenvalue weighted by atomic mass is 19.2. The molecule has 5 rings (SSSR count). The Morgan fingerprint density at radius 2 is 1.82 bits per heavy atom. The maximum Gasteiger partial charge on any atom is 0.261 e. The van der Waals surface area contributed by atoms with E-state index in [0.717, 1.165) is 35.4 Å². The van der Waals surface area contributed by atoms with Gasteiger partial charge in [-0.05, 0) is 60.6 Å². The summed E-state index contributed by atoms with van der Waals surface area (Å²) in [6.07, 6.45) is 8.22. The Morgan fingerprint density at radius 3 is 2.45 bits per heavy atom. The van der Waals surface area contributed by atoms with E-state index in [1.165, 1.54) is 22.9 Å². The fourth-order valence-corrected chi connectivity index (χ4v) is 3.52. The van der Waals surface area contributed by atoms with E-state index in [9.17, 15) is 28.0 Å². The zero-order valence-electron chi connectivity index (χ0n) is 21.1. The topological polar surface area (TPSA) is 166 Å². The van der Waals surface area contributed by atoms with Crippen molar-refractivity contribution >= 4 is 41.5 Å². The van der Waals surface area contributed by atoms with Crippen molar-refractivity contribution in [2.24, 2.45) is 5.73 Å². The Kier molecular flexibility index (Phi) is 10.3. The fraction of sp³-hybridized carbons (Fsp3) is 0.107. The van der Waals surface area contributed by atoms with Crippen LogP contribution in [0.25, 0.3) is 11.6 Å². The van der Waals surface area contributed by atoms with E-state index < -0.39 is 17.2 Å². The number of nitrogens with two attached hydrogens (primary N) is 2. The maximum absolute atomic E-state index is 13.0. The van der Waals surface area contributed by atoms with Crippen LogP contribution in [0.2, 0.25) is 0 Å². The molecular formula is C28H26F2N6O4. The van der Waals surface area contributed by atoms with Gasteiger partial charge in [0.1, 0.15) is 6.29 Å². The number of amides is 1. The molecule has 0 radical (unpaired) electrons. The van der Waals surface area contributed by atoms with Crippen molar-refractivity contribution in [3.8, 4) is 0 Å². The summed E-state index contributed by atoms with van der Waals surface area (Å²) in [6.45, 7) is 0.557. The van der Waals surface area contributed by atoms with Gasteiger partial charge in [-0.25, -0.2) is 13.8 Å². The van der Waals surface area contributed by atoms with Crippen molar-refractivity contribution in [2.75, 3.05) is 17.6 Å². The van der Waals surface area contributed by atoms with Gasteiger partial charge in [-0.15, -0.1) is 0 Å². The number of benzene rings is 2. The van der Waals surface area contributed by atoms with Crippen molar-refractivity contribution in [1.29, 1.82) is 0 Å². The van der Waals surface area contributed by atoms with Crippen molar-refractivity contribution in [3.63, 3.8) is 0 Å². The zero-order valence-corrected chi connectivity index (χ0v) is 21.1. The first kappa shape index (κ1) is 29.3. The number of hydrogen-bond acceptors (Lipinski definition) is 7. The minimum Gasteiger partial charge on any atom is -0.399 e. The van der Waals surface area contributed by atoms with Crippen molar-refractivity contribution < 1.29 is 23.2 Å². The molecule has 10 nitrogen and oxygen atoms in total. The lowest BCUT2D eigenvalue weighted by molar-refractivity contribution is -0.111. The van der Waals surface area contributed by atoms with E-state index >= 15 is 0 Å². The van der Waals surface area contributed by atoms with Gasteiger partial charge >= 0.3 is 0 Å². The normalized spacial score (nSPS) is 12.4. The van der Waals surface area contributed by atoms with Crippen LogP contribution >= 0.6 is 0 Å². The van der Waals surface area contributed by atoms with Gasteiger partial charge < -0.3 is 31.1 Å². The molecule has 40 heavy (non-hydrogen) atoms. The molecule has 0 aliphatic carbocycles. The van der Waals surface area contributed by atoms with Crippen LogP contribution in [-0.4, -0.2) is 39.6 Å². The standard InChI is InChI=1S/C13H9F2NO2.C12H10N4O.C3H7NO/c14-11-4-3-9(6-12(11)15)7-16-5-1-2-10(8-17)13(16)18;13-7-1-2-11-9(3-7)10(12(17)16-11)4-8-5-14-6-15-8;4-2-1-3-5/h1-6,8H,7H2;1-6H,13H2,(H,14,15)(H,16,17);3H,1-2,4H2/b;10-4-;. The van der Waals surface area contributed by atoms with Gasteiger partial charge in [0.25, 0.3) is 11.5 Å². The molecule has 1 aliphatic heterocycles. The largest absolute Gasteiger partial charge is 0.399 e. The van der Waals surface area contributed by atoms with Crippen LogP contribution in [0.15, 0.2) is 72.0 Å². The Balaban J connectivity index is 0.000000189. The van der Waals surface area contributed by atoms with Gasteiger partial charge in [0, 0.05) is 29.6 Å². The Bertz CT molecular complexity index is 1580. The first-order chi connectivity index (χ1) is 19.3. The molecule has 1 amide bonds. The second-order valence-corrected chi connectivity index (χ2v) is 8.33. The van der Waals surface area contributed by atoms with E-state index in [4.69, 9.17) is 11.5 Å². The molecule has 0 atom stereocenters. The number of nitrogens with zero attached hydrogens (tertiary/aromatic N) is 2. The van der Waals surface area contributed by atoms with E-state index in [2.05, 4.69) is 15.3 Å². The minimum absolute atomic E-state index is 0.0279. The number of hydrogen-bond donors (Lipinski definition) is 4. The summed E-state index contributed by atoms with van der Waals surface area (Å²) in [4.78, 5) is 50.3. The van der Waals surface area contributed by atoms with E-state index in [1.54, 1.807) is 42.9 Å². The number of nitrogens with one attached hydrogen (secondary N) is 2. The molecule has 0 bridgehead atoms. The van der Waals surface area contributed by atoms with Crippen LogP contribution < -0.4 is 22.3 Å². The lowest BCUT2D eigenvalue weighted by Gasteiger charge is -2.06. The third-order valence-electron chi connectivity index (χ3n) is 5.44. The van der Waals surface area contributed by atoms with Gasteiger partial charge in [0.15, 0.2) is 17.9 Å². The third-order valence-corrected chi connectivity index (χ3v) is 5.44. The molecule has 0 saturated heterocycles. The van der Waals surface area contributed by atoms with Gasteiger partial charge in [-0.3, -0.25) is 14.4 Å². The number of halogens is 2. The molecule has 6 N–H and O–H groups in total. The molecule has 0 unspecified atom stereocenters. The summed E-state index contributed by atoms with van der Waals surface area (Å²) < 4.78 is 27.0. The van der Waals surface area contributed by atoms with Crippen molar-refractivity contribution in [1.82, 2.24) is 14.5 Å². The number of imidazole rings is 1. The Labute approximate surface area is 227 Å². The first-order valence-electron chi connectivity index (χ1n) is 11.9. The van der Waals surface area contributed by atoms with Crippen molar-refractivity contribution in [2.45, 2.75) is 13.0 Å². The molecule has 2 aromatic heterocycles. The average Bonchev–Trinajstić information content (AvgIpc) is 3.56. The molecule has 0 fully saturated rings. The number of aldehydes is 2. The summed E-state index contributed by atoms with van der Waals surface area (Å²) in [5, 5.41) is 2.79. The summed E-state index contributed by atoms with van der Waals surface area (Å²) in [5.41, 5.74) is 14.3. The average molecular weight is 549 g/mol. The third kappa shape index (κ3) is 7.65. The second-order valence-electron chi connectivity index (χ2n) is 8.33. The molecule has 12 heteroatoms. The van der Waals surface area contributed by atoms with Gasteiger partial charge in [0.05, 0.1) is 35.9 Å². The fourth-order valence-electron chi connectivity index (χ4n) is 3.52. The Hall–Kier alpha value is -5.23. The van der Waals surface area contributed by atoms with Gasteiger partial charge in [-0.2, -0.15) is 0 Å². The number of fused-ring (bicyclic) bond motifs is 1. The molecule has 3 heterocycles. The van der Waals surface area contributed by atoms with Gasteiger partial charge in [0.2, 0.25) is 0 Å². The maximum atomic E-state index is 13.0. The number of carbonyl (C=O) groups is 3. The first-order valence-corrected chi connectivity index (χ1v) is 11.9. The number of anilines is 2. The van der Waals surface area contributed by atoms with Crippen LogP contribution in [0.1, 0.15) is 33.6 Å². The van der Waals surface area contributed by atoms with E-state index in [-0.39, 0.29) is 18.0 Å². The quantitative estimate of drug-likeness (QED) is 0.163. The predicted molar refractivity (Wildman–Crippen MR) is 147 cm³/mol. The summed E-state index contributed by atoms with van der Waals surface area (Å²) in [7, 11) is 0. The molecule has 4 aromatic rings. The van der Waals surface area contributed by atoms with Crippen LogP contribution in [0.3, 0.4) is 0 Å². The lowest BCUT2D eigenvalue weighted by Crippen LogP contribution is -2.23. The lowest BCUT2D eigenvalue weighted by atomic mass is 10.1. The molecule has 2 aromatic carbocycles. The number of aromatic amines is 1. The molecule has 1 aliphatic rings. The smallest absolute Gasteiger partial charge is 0.261 e. The predicted octanol–water partition coefficient (Wildman–Crippen LogP) is 3.01. The number of carbonyl (C=O) groups excluding carboxylic acids is 3. The number of pyridine rings is 1. The molecule has 0 saturated carbocycles. The van der Waals surface area contributed by atoms with E-state index in [1.807, 2.05) is 0 Å². The van der Waals surface area contributed by atoms with Gasteiger partial charge in [-0.1, -0.05) is 6.07 Å². The van der Waals surface area contributed by atoms with E-state index in [0.29, 0.717) is 36.1 Å². The number of nitrogen functional groups attached to an aromatic ring is 1. The molecule has 206 valence electrons. The van der Waals surface area contributed by atoms with Crippen LogP contribution in [0.5, 0.6) is 0 Å². The van der Waals surface area contributed by atoms with Crippen LogP contribution in [0, 0.1) is 11.6 Å². The monoisotopic (exact) mass is 548 g/mol. The zero-order chi connectivity index (χ0) is 29.1. The number of H-pyrrole nitrogens is 1. The van der Waals surface area contributed by atoms with Crippen LogP contribution in [0.4, 0.5) is 20.2 Å². The molecular weight excluding hydrogens is 522 g/mol. The number of aromatic nitrogens is 3. The summed E-state index contributed by atoms with van der Waals surface area (Å²) >= 11 is 0. The highest BCUT2D eigenvalue weighted by Crippen LogP contribution is 2.34. The molecule has 0 spiro atoms. The second kappa shape index (κ2) is 14.1. The highest BCUT2D eigenvalue weighted by molar-refractivity contribution is 6.35. The highest BCUT2D eigenvalue weighted by Gasteiger charge is 2.24. The summed E-state index contributed by atoms with van der Waals surface area (Å²) in [5.74, 6) is -2.03. The van der Waals surface area contributed by atoms with Crippen LogP contribution in [-0.2, 0) is 16.1 Å².